The summed E-state index contributed by atoms with van der Waals surface area (Å²) in [6.07, 6.45) is 0.103. The molecule has 162 valence electrons. The van der Waals surface area contributed by atoms with Gasteiger partial charge in [0, 0.05) is 18.0 Å². The van der Waals surface area contributed by atoms with Crippen molar-refractivity contribution in [1.29, 1.82) is 0 Å². The number of fused-ring (bicyclic) bond motifs is 1. The molecule has 4 rings (SSSR count). The standard InChI is InChI=1S/C22H24N4O5/c1-12-9-18(27)23-16-7-5-6-8-17(16)26(12)19(28)11-25-20(29)22(4,24-21(25)30)15-10-13(2)31-14(15)3/h5-8,10,12H,9,11H2,1-4H3,(H,23,27)(H,24,30). The molecule has 0 saturated carbocycles. The molecule has 9 nitrogen and oxygen atoms in total. The van der Waals surface area contributed by atoms with Crippen molar-refractivity contribution in [3.63, 3.8) is 0 Å². The van der Waals surface area contributed by atoms with Crippen LogP contribution in [-0.4, -0.2) is 41.2 Å². The van der Waals surface area contributed by atoms with Crippen LogP contribution in [0.4, 0.5) is 16.2 Å². The first kappa shape index (κ1) is 20.6. The maximum Gasteiger partial charge on any atom is 0.325 e. The molecule has 5 amide bonds. The van der Waals surface area contributed by atoms with Crippen LogP contribution in [0.2, 0.25) is 0 Å². The van der Waals surface area contributed by atoms with Gasteiger partial charge < -0.3 is 20.0 Å². The summed E-state index contributed by atoms with van der Waals surface area (Å²) in [5.74, 6) is -0.0356. The largest absolute Gasteiger partial charge is 0.466 e. The Kier molecular flexibility index (Phi) is 4.83. The summed E-state index contributed by atoms with van der Waals surface area (Å²) >= 11 is 0. The van der Waals surface area contributed by atoms with Crippen molar-refractivity contribution in [2.45, 2.75) is 45.7 Å². The lowest BCUT2D eigenvalue weighted by molar-refractivity contribution is -0.134. The second-order valence-electron chi connectivity index (χ2n) is 8.16. The highest BCUT2D eigenvalue weighted by atomic mass is 16.3. The summed E-state index contributed by atoms with van der Waals surface area (Å²) in [5, 5.41) is 5.49. The number of nitrogens with zero attached hydrogens (tertiary/aromatic N) is 2. The van der Waals surface area contributed by atoms with E-state index in [1.54, 1.807) is 58.0 Å². The Morgan fingerprint density at radius 3 is 2.61 bits per heavy atom. The van der Waals surface area contributed by atoms with Crippen molar-refractivity contribution >= 4 is 35.1 Å². The van der Waals surface area contributed by atoms with Crippen molar-refractivity contribution in [3.8, 4) is 0 Å². The van der Waals surface area contributed by atoms with E-state index in [1.807, 2.05) is 0 Å². The maximum absolute atomic E-state index is 13.3. The van der Waals surface area contributed by atoms with E-state index in [4.69, 9.17) is 4.42 Å². The van der Waals surface area contributed by atoms with Gasteiger partial charge in [-0.1, -0.05) is 12.1 Å². The van der Waals surface area contributed by atoms with Gasteiger partial charge in [0.15, 0.2) is 0 Å². The van der Waals surface area contributed by atoms with E-state index < -0.39 is 36.0 Å². The van der Waals surface area contributed by atoms with Crippen molar-refractivity contribution in [1.82, 2.24) is 10.2 Å². The molecule has 2 N–H and O–H groups in total. The predicted molar refractivity (Wildman–Crippen MR) is 112 cm³/mol. The SMILES string of the molecule is Cc1cc(C2(C)NC(=O)N(CC(=O)N3c4ccccc4NC(=O)CC3C)C2=O)c(C)o1. The number of benzene rings is 1. The molecule has 2 aliphatic heterocycles. The number of urea groups is 1. The van der Waals surface area contributed by atoms with Crippen molar-refractivity contribution < 1.29 is 23.6 Å². The third-order valence-corrected chi connectivity index (χ3v) is 5.78. The van der Waals surface area contributed by atoms with Crippen LogP contribution in [0.5, 0.6) is 0 Å². The Labute approximate surface area is 179 Å². The van der Waals surface area contributed by atoms with Crippen LogP contribution in [0.25, 0.3) is 0 Å². The highest BCUT2D eigenvalue weighted by molar-refractivity contribution is 6.12. The van der Waals surface area contributed by atoms with E-state index >= 15 is 0 Å². The lowest BCUT2D eigenvalue weighted by atomic mass is 9.92. The highest BCUT2D eigenvalue weighted by Gasteiger charge is 2.51. The monoisotopic (exact) mass is 424 g/mol. The molecule has 2 aromatic rings. The number of carbonyl (C=O) groups is 4. The molecule has 1 aromatic heterocycles. The fraction of sp³-hybridized carbons (Fsp3) is 0.364. The van der Waals surface area contributed by atoms with Crippen LogP contribution in [0.3, 0.4) is 0 Å². The number of hydrogen-bond donors (Lipinski definition) is 2. The van der Waals surface area contributed by atoms with Gasteiger partial charge in [-0.3, -0.25) is 19.3 Å². The molecule has 1 aromatic carbocycles. The Bertz CT molecular complexity index is 1110. The number of para-hydroxylation sites is 2. The maximum atomic E-state index is 13.3. The number of furan rings is 1. The predicted octanol–water partition coefficient (Wildman–Crippen LogP) is 2.43. The molecule has 2 unspecified atom stereocenters. The van der Waals surface area contributed by atoms with Gasteiger partial charge in [0.2, 0.25) is 11.8 Å². The zero-order chi connectivity index (χ0) is 22.5. The molecular weight excluding hydrogens is 400 g/mol. The minimum absolute atomic E-state index is 0.103. The summed E-state index contributed by atoms with van der Waals surface area (Å²) in [7, 11) is 0. The zero-order valence-corrected chi connectivity index (χ0v) is 17.8. The van der Waals surface area contributed by atoms with Gasteiger partial charge in [-0.25, -0.2) is 4.79 Å². The average molecular weight is 424 g/mol. The van der Waals surface area contributed by atoms with E-state index in [9.17, 15) is 19.2 Å². The number of hydrogen-bond acceptors (Lipinski definition) is 5. The molecule has 31 heavy (non-hydrogen) atoms. The molecule has 3 heterocycles. The van der Waals surface area contributed by atoms with Crippen LogP contribution >= 0.6 is 0 Å². The van der Waals surface area contributed by atoms with Crippen molar-refractivity contribution in [2.75, 3.05) is 16.8 Å². The Morgan fingerprint density at radius 1 is 1.23 bits per heavy atom. The second kappa shape index (κ2) is 7.26. The normalized spacial score (nSPS) is 23.4. The Hall–Kier alpha value is -3.62. The van der Waals surface area contributed by atoms with Gasteiger partial charge >= 0.3 is 6.03 Å². The number of rotatable bonds is 3. The van der Waals surface area contributed by atoms with Crippen LogP contribution in [0.1, 0.15) is 37.4 Å². The molecule has 0 aliphatic carbocycles. The molecule has 9 heteroatoms. The number of amides is 5. The molecule has 0 radical (unpaired) electrons. The van der Waals surface area contributed by atoms with Crippen molar-refractivity contribution in [3.05, 3.63) is 47.4 Å². The first-order chi connectivity index (χ1) is 14.6. The van der Waals surface area contributed by atoms with E-state index in [-0.39, 0.29) is 12.3 Å². The van der Waals surface area contributed by atoms with Crippen LogP contribution < -0.4 is 15.5 Å². The van der Waals surface area contributed by atoms with E-state index in [1.165, 1.54) is 4.90 Å². The fourth-order valence-corrected chi connectivity index (χ4v) is 4.33. The summed E-state index contributed by atoms with van der Waals surface area (Å²) in [5.41, 5.74) is 0.277. The Balaban J connectivity index is 1.63. The lowest BCUT2D eigenvalue weighted by Crippen LogP contribution is -2.47. The van der Waals surface area contributed by atoms with Gasteiger partial charge in [0.25, 0.3) is 5.91 Å². The quantitative estimate of drug-likeness (QED) is 0.735. The number of carbonyl (C=O) groups excluding carboxylic acids is 4. The first-order valence-corrected chi connectivity index (χ1v) is 10.0. The number of imide groups is 1. The average Bonchev–Trinajstić information content (AvgIpc) is 3.09. The minimum Gasteiger partial charge on any atom is -0.466 e. The summed E-state index contributed by atoms with van der Waals surface area (Å²) in [4.78, 5) is 53.8. The smallest absolute Gasteiger partial charge is 0.325 e. The minimum atomic E-state index is -1.32. The third kappa shape index (κ3) is 3.35. The summed E-state index contributed by atoms with van der Waals surface area (Å²) < 4.78 is 5.53. The lowest BCUT2D eigenvalue weighted by Gasteiger charge is -2.29. The van der Waals surface area contributed by atoms with Crippen LogP contribution in [0, 0.1) is 13.8 Å². The molecular formula is C22H24N4O5. The first-order valence-electron chi connectivity index (χ1n) is 10.0. The van der Waals surface area contributed by atoms with Gasteiger partial charge in [-0.15, -0.1) is 0 Å². The number of anilines is 2. The van der Waals surface area contributed by atoms with Crippen LogP contribution in [-0.2, 0) is 19.9 Å². The number of nitrogens with one attached hydrogen (secondary N) is 2. The highest BCUT2D eigenvalue weighted by Crippen LogP contribution is 2.34. The van der Waals surface area contributed by atoms with E-state index in [0.29, 0.717) is 28.5 Å². The topological polar surface area (TPSA) is 112 Å². The van der Waals surface area contributed by atoms with E-state index in [2.05, 4.69) is 10.6 Å². The Morgan fingerprint density at radius 2 is 1.94 bits per heavy atom. The molecule has 0 spiro atoms. The molecule has 1 saturated heterocycles. The molecule has 2 atom stereocenters. The fourth-order valence-electron chi connectivity index (χ4n) is 4.33. The van der Waals surface area contributed by atoms with Gasteiger partial charge in [0.1, 0.15) is 23.6 Å². The van der Waals surface area contributed by atoms with Gasteiger partial charge in [0.05, 0.1) is 11.4 Å². The molecule has 0 bridgehead atoms. The zero-order valence-electron chi connectivity index (χ0n) is 17.8. The van der Waals surface area contributed by atoms with E-state index in [0.717, 1.165) is 4.90 Å². The second-order valence-corrected chi connectivity index (χ2v) is 8.16. The summed E-state index contributed by atoms with van der Waals surface area (Å²) in [6.45, 7) is 6.40. The van der Waals surface area contributed by atoms with Gasteiger partial charge in [-0.05, 0) is 45.9 Å². The van der Waals surface area contributed by atoms with Gasteiger partial charge in [-0.2, -0.15) is 0 Å². The summed E-state index contributed by atoms with van der Waals surface area (Å²) in [6, 6.07) is 7.58. The molecule has 2 aliphatic rings. The molecule has 1 fully saturated rings. The van der Waals surface area contributed by atoms with Crippen molar-refractivity contribution in [2.24, 2.45) is 0 Å². The van der Waals surface area contributed by atoms with Crippen LogP contribution in [0.15, 0.2) is 34.7 Å². The third-order valence-electron chi connectivity index (χ3n) is 5.78. The number of aryl methyl sites for hydroxylation is 2.